The summed E-state index contributed by atoms with van der Waals surface area (Å²) in [5.74, 6) is -1.51. The summed E-state index contributed by atoms with van der Waals surface area (Å²) >= 11 is 1.32. The van der Waals surface area contributed by atoms with Gasteiger partial charge >= 0.3 is 0 Å². The summed E-state index contributed by atoms with van der Waals surface area (Å²) in [6, 6.07) is 15.0. The Bertz CT molecular complexity index is 1750. The number of hydrogen-bond acceptors (Lipinski definition) is 9. The maximum absolute atomic E-state index is 13.6. The van der Waals surface area contributed by atoms with Crippen LogP contribution in [0.4, 0.5) is 11.5 Å². The van der Waals surface area contributed by atoms with E-state index in [1.54, 1.807) is 12.3 Å². The topological polar surface area (TPSA) is 130 Å². The summed E-state index contributed by atoms with van der Waals surface area (Å²) in [6.45, 7) is -0.513. The number of para-hydroxylation sites is 1. The smallest absolute Gasteiger partial charge is 0.263 e. The highest BCUT2D eigenvalue weighted by atomic mass is 32.2. The highest BCUT2D eigenvalue weighted by molar-refractivity contribution is 8.00. The molecule has 2 aromatic carbocycles. The first kappa shape index (κ1) is 28.2. The van der Waals surface area contributed by atoms with Crippen LogP contribution in [0.1, 0.15) is 5.56 Å². The number of benzene rings is 2. The van der Waals surface area contributed by atoms with Crippen molar-refractivity contribution in [3.8, 4) is 0 Å². The van der Waals surface area contributed by atoms with Crippen molar-refractivity contribution in [3.63, 3.8) is 0 Å². The molecule has 10 nitrogen and oxygen atoms in total. The van der Waals surface area contributed by atoms with Gasteiger partial charge < -0.3 is 20.3 Å². The predicted molar refractivity (Wildman–Crippen MR) is 164 cm³/mol. The lowest BCUT2D eigenvalue weighted by molar-refractivity contribution is -0.119. The van der Waals surface area contributed by atoms with E-state index in [0.29, 0.717) is 10.9 Å². The van der Waals surface area contributed by atoms with Gasteiger partial charge in [0.25, 0.3) is 11.8 Å². The van der Waals surface area contributed by atoms with Gasteiger partial charge in [-0.05, 0) is 41.3 Å². The number of Topliss-reactive ketones (excluding diaryl/α,β-unsaturated/α-hetero) is 1. The van der Waals surface area contributed by atoms with Gasteiger partial charge in [-0.25, -0.2) is 9.98 Å². The molecule has 3 aliphatic rings. The van der Waals surface area contributed by atoms with Crippen LogP contribution in [-0.4, -0.2) is 47.7 Å². The van der Waals surface area contributed by atoms with E-state index in [9.17, 15) is 19.2 Å². The Morgan fingerprint density at radius 3 is 2.60 bits per heavy atom. The van der Waals surface area contributed by atoms with Gasteiger partial charge in [-0.3, -0.25) is 19.2 Å². The van der Waals surface area contributed by atoms with Gasteiger partial charge in [-0.15, -0.1) is 11.8 Å². The molecule has 0 saturated heterocycles. The third-order valence-electron chi connectivity index (χ3n) is 6.09. The molecular formula is C31H25N5O5S. The van der Waals surface area contributed by atoms with Gasteiger partial charge in [0.05, 0.1) is 30.5 Å². The maximum atomic E-state index is 13.6. The fourth-order valence-corrected chi connectivity index (χ4v) is 4.95. The number of carbonyl (C=O) groups is 3. The highest BCUT2D eigenvalue weighted by Crippen LogP contribution is 2.32. The molecule has 2 N–H and O–H groups in total. The number of ether oxygens (including phenoxy) is 1. The number of aliphatic imine (C=N–C) groups is 1. The van der Waals surface area contributed by atoms with Crippen molar-refractivity contribution in [1.29, 1.82) is 0 Å². The lowest BCUT2D eigenvalue weighted by Crippen LogP contribution is -2.23. The molecule has 4 heterocycles. The summed E-state index contributed by atoms with van der Waals surface area (Å²) in [7, 11) is 0. The number of aromatic nitrogens is 1. The minimum atomic E-state index is -0.584. The Balaban J connectivity index is 1.52. The van der Waals surface area contributed by atoms with E-state index in [0.717, 1.165) is 27.8 Å². The monoisotopic (exact) mass is 579 g/mol. The second kappa shape index (κ2) is 13.4. The van der Waals surface area contributed by atoms with Crippen LogP contribution in [0.3, 0.4) is 0 Å². The van der Waals surface area contributed by atoms with Gasteiger partial charge in [0.1, 0.15) is 0 Å². The number of rotatable bonds is 0. The van der Waals surface area contributed by atoms with Crippen molar-refractivity contribution in [3.05, 3.63) is 113 Å². The first-order valence-corrected chi connectivity index (χ1v) is 13.9. The molecule has 0 unspecified atom stereocenters. The van der Waals surface area contributed by atoms with E-state index in [1.165, 1.54) is 24.2 Å². The summed E-state index contributed by atoms with van der Waals surface area (Å²) in [5, 5.41) is 6.65. The lowest BCUT2D eigenvalue weighted by Gasteiger charge is -2.21. The molecule has 11 heteroatoms. The summed E-state index contributed by atoms with van der Waals surface area (Å²) in [5.41, 5.74) is 1.53. The molecule has 0 saturated carbocycles. The van der Waals surface area contributed by atoms with E-state index in [2.05, 4.69) is 20.6 Å². The summed E-state index contributed by atoms with van der Waals surface area (Å²) in [4.78, 5) is 61.3. The van der Waals surface area contributed by atoms with Gasteiger partial charge in [0.15, 0.2) is 18.2 Å². The van der Waals surface area contributed by atoms with Crippen LogP contribution in [0.2, 0.25) is 0 Å². The van der Waals surface area contributed by atoms with Crippen LogP contribution in [0.15, 0.2) is 112 Å². The first-order chi connectivity index (χ1) is 20.5. The fourth-order valence-electron chi connectivity index (χ4n) is 4.10. The first-order valence-electron chi connectivity index (χ1n) is 12.9. The molecule has 210 valence electrons. The number of carbonyl (C=O) groups excluding carboxylic acids is 3. The molecule has 0 aliphatic carbocycles. The normalized spacial score (nSPS) is 17.0. The molecule has 3 aromatic rings. The van der Waals surface area contributed by atoms with Crippen molar-refractivity contribution in [2.24, 2.45) is 4.99 Å². The number of allylic oxidation sites excluding steroid dienone is 3. The molecule has 2 amide bonds. The molecular weight excluding hydrogens is 554 g/mol. The zero-order valence-corrected chi connectivity index (χ0v) is 23.0. The van der Waals surface area contributed by atoms with E-state index < -0.39 is 29.6 Å². The van der Waals surface area contributed by atoms with Crippen molar-refractivity contribution in [2.45, 2.75) is 4.90 Å². The van der Waals surface area contributed by atoms with Crippen LogP contribution in [0.5, 0.6) is 0 Å². The molecule has 0 spiro atoms. The fraction of sp³-hybridized carbons (Fsp3) is 0.0968. The number of anilines is 2. The molecule has 3 aliphatic heterocycles. The molecule has 4 bridgehead atoms. The lowest BCUT2D eigenvalue weighted by atomic mass is 10.0. The minimum Gasteiger partial charge on any atom is -0.490 e. The zero-order valence-electron chi connectivity index (χ0n) is 22.2. The Morgan fingerprint density at radius 1 is 0.952 bits per heavy atom. The molecule has 6 rings (SSSR count). The van der Waals surface area contributed by atoms with Crippen LogP contribution in [0, 0.1) is 0 Å². The third-order valence-corrected chi connectivity index (χ3v) is 7.13. The zero-order chi connectivity index (χ0) is 29.3. The number of fused-ring (bicyclic) bond motifs is 12. The van der Waals surface area contributed by atoms with Crippen molar-refractivity contribution >= 4 is 63.9 Å². The number of thioether (sulfide) groups is 1. The van der Waals surface area contributed by atoms with E-state index >= 15 is 0 Å². The SMILES string of the molecule is O=C1C=NC(=O)CSc2ccccc2N2C=CC(=Cc3c(=O)c(ncc4ccccc34)NC(=O)CO/C=C\NC1)C=C2. The second-order valence-corrected chi connectivity index (χ2v) is 10.1. The van der Waals surface area contributed by atoms with Crippen molar-refractivity contribution in [2.75, 3.05) is 29.1 Å². The molecule has 0 radical (unpaired) electrons. The average molecular weight is 580 g/mol. The van der Waals surface area contributed by atoms with E-state index in [1.807, 2.05) is 78.0 Å². The van der Waals surface area contributed by atoms with Gasteiger partial charge in [-0.2, -0.15) is 0 Å². The number of nitrogens with zero attached hydrogens (tertiary/aromatic N) is 3. The van der Waals surface area contributed by atoms with Gasteiger partial charge in [-0.1, -0.05) is 36.4 Å². The summed E-state index contributed by atoms with van der Waals surface area (Å²) in [6.07, 6.45) is 14.3. The quantitative estimate of drug-likeness (QED) is 0.382. The largest absolute Gasteiger partial charge is 0.490 e. The van der Waals surface area contributed by atoms with Gasteiger partial charge in [0.2, 0.25) is 5.43 Å². The average Bonchev–Trinajstić information content (AvgIpc) is 3.13. The Morgan fingerprint density at radius 2 is 1.74 bits per heavy atom. The van der Waals surface area contributed by atoms with Crippen molar-refractivity contribution < 1.29 is 19.1 Å². The molecule has 0 fully saturated rings. The Labute approximate surface area is 245 Å². The van der Waals surface area contributed by atoms with Crippen LogP contribution < -0.4 is 21.0 Å². The second-order valence-electron chi connectivity index (χ2n) is 9.04. The summed E-state index contributed by atoms with van der Waals surface area (Å²) < 4.78 is 5.20. The number of amides is 2. The van der Waals surface area contributed by atoms with Crippen LogP contribution >= 0.6 is 11.8 Å². The predicted octanol–water partition coefficient (Wildman–Crippen LogP) is 3.81. The number of hydrogen-bond donors (Lipinski definition) is 2. The third kappa shape index (κ3) is 7.07. The molecule has 42 heavy (non-hydrogen) atoms. The minimum absolute atomic E-state index is 0.0528. The van der Waals surface area contributed by atoms with Crippen molar-refractivity contribution in [1.82, 2.24) is 10.3 Å². The molecule has 0 atom stereocenters. The highest BCUT2D eigenvalue weighted by Gasteiger charge is 2.14. The standard InChI is InChI=1S/C31H25N5O5S/c37-23-17-32-11-14-41-19-28(38)35-31-30(40)25(24-6-2-1-5-22(24)16-34-31)15-21-9-12-36(13-10-21)26-7-3-4-8-27(26)42-20-29(39)33-18-23/h1-16,18,32H,17,19-20H2,(H,34,35,38)/b14-11-,33-18?. The molecule has 1 aromatic heterocycles. The van der Waals surface area contributed by atoms with Crippen LogP contribution in [-0.2, 0) is 19.1 Å². The number of ketones is 1. The Kier molecular flexibility index (Phi) is 9.00. The van der Waals surface area contributed by atoms with E-state index in [4.69, 9.17) is 4.74 Å². The maximum Gasteiger partial charge on any atom is 0.263 e. The number of nitrogens with one attached hydrogen (secondary N) is 2. The van der Waals surface area contributed by atoms with E-state index in [-0.39, 0.29) is 18.1 Å². The van der Waals surface area contributed by atoms with Gasteiger partial charge in [0, 0.05) is 40.6 Å². The van der Waals surface area contributed by atoms with Crippen LogP contribution in [0.25, 0.3) is 16.8 Å². The Hall–Kier alpha value is -5.29.